The number of piperidine rings is 1. The van der Waals surface area contributed by atoms with Crippen LogP contribution in [0.4, 0.5) is 5.82 Å². The number of nitrogens with zero attached hydrogens (tertiary/aromatic N) is 5. The Balaban J connectivity index is 1.91. The molecular formula is C15H24N6. The number of fused-ring (bicyclic) bond motifs is 1. The van der Waals surface area contributed by atoms with Crippen molar-refractivity contribution in [1.29, 1.82) is 0 Å². The van der Waals surface area contributed by atoms with Crippen LogP contribution in [0.25, 0.3) is 11.0 Å². The highest BCUT2D eigenvalue weighted by Crippen LogP contribution is 2.23. The van der Waals surface area contributed by atoms with Crippen molar-refractivity contribution in [3.63, 3.8) is 0 Å². The Bertz CT molecular complexity index is 620. The first kappa shape index (κ1) is 14.3. The third-order valence-corrected chi connectivity index (χ3v) is 4.44. The van der Waals surface area contributed by atoms with Crippen molar-refractivity contribution < 1.29 is 0 Å². The van der Waals surface area contributed by atoms with Crippen LogP contribution >= 0.6 is 0 Å². The first-order chi connectivity index (χ1) is 10.2. The van der Waals surface area contributed by atoms with E-state index in [4.69, 9.17) is 4.98 Å². The number of nitrogens with one attached hydrogen (secondary N) is 1. The van der Waals surface area contributed by atoms with Crippen molar-refractivity contribution in [1.82, 2.24) is 24.6 Å². The van der Waals surface area contributed by atoms with Crippen molar-refractivity contribution in [3.05, 3.63) is 12.0 Å². The zero-order valence-corrected chi connectivity index (χ0v) is 13.1. The summed E-state index contributed by atoms with van der Waals surface area (Å²) in [5.74, 6) is 1.75. The van der Waals surface area contributed by atoms with E-state index in [-0.39, 0.29) is 0 Å². The lowest BCUT2D eigenvalue weighted by Crippen LogP contribution is -2.38. The summed E-state index contributed by atoms with van der Waals surface area (Å²) in [6.07, 6.45) is 6.94. The van der Waals surface area contributed by atoms with Gasteiger partial charge in [-0.25, -0.2) is 9.97 Å². The second-order valence-electron chi connectivity index (χ2n) is 5.77. The summed E-state index contributed by atoms with van der Waals surface area (Å²) in [5, 5.41) is 8.43. The van der Waals surface area contributed by atoms with E-state index in [0.29, 0.717) is 6.04 Å². The van der Waals surface area contributed by atoms with Crippen LogP contribution in [-0.4, -0.2) is 44.3 Å². The fourth-order valence-electron chi connectivity index (χ4n) is 3.24. The van der Waals surface area contributed by atoms with Gasteiger partial charge < -0.3 is 5.32 Å². The number of hydrogen-bond acceptors (Lipinski definition) is 5. The van der Waals surface area contributed by atoms with E-state index in [1.54, 1.807) is 0 Å². The average Bonchev–Trinajstić information content (AvgIpc) is 2.89. The molecule has 1 N–H and O–H groups in total. The molecule has 1 unspecified atom stereocenters. The molecular weight excluding hydrogens is 264 g/mol. The van der Waals surface area contributed by atoms with Crippen LogP contribution in [0.15, 0.2) is 6.20 Å². The predicted octanol–water partition coefficient (Wildman–Crippen LogP) is 2.17. The lowest BCUT2D eigenvalue weighted by Gasteiger charge is -2.34. The van der Waals surface area contributed by atoms with E-state index in [2.05, 4.69) is 27.2 Å². The summed E-state index contributed by atoms with van der Waals surface area (Å²) >= 11 is 0. The second-order valence-corrected chi connectivity index (χ2v) is 5.77. The van der Waals surface area contributed by atoms with E-state index in [1.165, 1.54) is 25.7 Å². The molecule has 21 heavy (non-hydrogen) atoms. The van der Waals surface area contributed by atoms with E-state index in [9.17, 15) is 0 Å². The molecule has 1 fully saturated rings. The number of aryl methyl sites for hydroxylation is 1. The smallest absolute Gasteiger partial charge is 0.163 e. The van der Waals surface area contributed by atoms with Gasteiger partial charge in [-0.3, -0.25) is 9.58 Å². The van der Waals surface area contributed by atoms with Crippen molar-refractivity contribution in [2.75, 3.05) is 18.9 Å². The number of hydrogen-bond donors (Lipinski definition) is 1. The molecule has 2 aromatic rings. The molecule has 0 aliphatic carbocycles. The summed E-state index contributed by atoms with van der Waals surface area (Å²) in [6, 6.07) is 0.669. The van der Waals surface area contributed by atoms with Gasteiger partial charge in [-0.2, -0.15) is 5.10 Å². The lowest BCUT2D eigenvalue weighted by atomic mass is 10.0. The minimum Gasteiger partial charge on any atom is -0.372 e. The molecule has 3 rings (SSSR count). The van der Waals surface area contributed by atoms with Crippen LogP contribution in [0.5, 0.6) is 0 Å². The molecule has 1 aliphatic heterocycles. The predicted molar refractivity (Wildman–Crippen MR) is 84.2 cm³/mol. The Hall–Kier alpha value is -1.69. The van der Waals surface area contributed by atoms with Crippen molar-refractivity contribution in [2.24, 2.45) is 7.05 Å². The maximum atomic E-state index is 4.71. The van der Waals surface area contributed by atoms with Gasteiger partial charge in [0, 0.05) is 20.1 Å². The molecule has 6 nitrogen and oxygen atoms in total. The van der Waals surface area contributed by atoms with E-state index in [1.807, 2.05) is 25.0 Å². The highest BCUT2D eigenvalue weighted by atomic mass is 15.3. The van der Waals surface area contributed by atoms with Gasteiger partial charge in [0.15, 0.2) is 5.65 Å². The molecule has 1 aliphatic rings. The van der Waals surface area contributed by atoms with Gasteiger partial charge in [-0.05, 0) is 25.8 Å². The number of anilines is 1. The number of rotatable bonds is 4. The topological polar surface area (TPSA) is 58.9 Å². The number of likely N-dealkylation sites (tertiary alicyclic amines) is 1. The zero-order valence-electron chi connectivity index (χ0n) is 13.1. The fraction of sp³-hybridized carbons (Fsp3) is 0.667. The van der Waals surface area contributed by atoms with Crippen LogP contribution in [-0.2, 0) is 13.6 Å². The van der Waals surface area contributed by atoms with Crippen molar-refractivity contribution in [2.45, 2.75) is 45.2 Å². The summed E-state index contributed by atoms with van der Waals surface area (Å²) in [7, 11) is 3.82. The summed E-state index contributed by atoms with van der Waals surface area (Å²) in [5.41, 5.74) is 0.898. The largest absolute Gasteiger partial charge is 0.372 e. The zero-order chi connectivity index (χ0) is 14.8. The van der Waals surface area contributed by atoms with Crippen LogP contribution in [0, 0.1) is 0 Å². The third-order valence-electron chi connectivity index (χ3n) is 4.44. The third kappa shape index (κ3) is 2.72. The first-order valence-corrected chi connectivity index (χ1v) is 7.83. The molecule has 114 valence electrons. The highest BCUT2D eigenvalue weighted by molar-refractivity contribution is 5.86. The number of aromatic nitrogens is 4. The Morgan fingerprint density at radius 3 is 2.95 bits per heavy atom. The highest BCUT2D eigenvalue weighted by Gasteiger charge is 2.22. The molecule has 0 amide bonds. The quantitative estimate of drug-likeness (QED) is 0.934. The minimum absolute atomic E-state index is 0.669. The van der Waals surface area contributed by atoms with Gasteiger partial charge in [0.05, 0.1) is 18.1 Å². The van der Waals surface area contributed by atoms with Gasteiger partial charge in [0.25, 0.3) is 0 Å². The maximum absolute atomic E-state index is 4.71. The van der Waals surface area contributed by atoms with Crippen molar-refractivity contribution >= 4 is 16.9 Å². The Kier molecular flexibility index (Phi) is 4.05. The Labute approximate surface area is 125 Å². The van der Waals surface area contributed by atoms with Crippen molar-refractivity contribution in [3.8, 4) is 0 Å². The summed E-state index contributed by atoms with van der Waals surface area (Å²) in [6.45, 7) is 4.25. The van der Waals surface area contributed by atoms with E-state index in [0.717, 1.165) is 35.8 Å². The molecule has 1 saturated heterocycles. The van der Waals surface area contributed by atoms with Gasteiger partial charge >= 0.3 is 0 Å². The molecule has 3 heterocycles. The molecule has 2 aromatic heterocycles. The molecule has 1 atom stereocenters. The Morgan fingerprint density at radius 2 is 2.19 bits per heavy atom. The fourth-order valence-corrected chi connectivity index (χ4v) is 3.24. The molecule has 0 saturated carbocycles. The first-order valence-electron chi connectivity index (χ1n) is 7.83. The van der Waals surface area contributed by atoms with Gasteiger partial charge in [-0.1, -0.05) is 13.3 Å². The van der Waals surface area contributed by atoms with Crippen LogP contribution < -0.4 is 5.32 Å². The van der Waals surface area contributed by atoms with E-state index < -0.39 is 0 Å². The van der Waals surface area contributed by atoms with Crippen LogP contribution in [0.1, 0.15) is 38.4 Å². The van der Waals surface area contributed by atoms with Gasteiger partial charge in [0.1, 0.15) is 11.6 Å². The summed E-state index contributed by atoms with van der Waals surface area (Å²) < 4.78 is 1.81. The average molecular weight is 288 g/mol. The van der Waals surface area contributed by atoms with Gasteiger partial charge in [-0.15, -0.1) is 0 Å². The normalized spacial score (nSPS) is 20.0. The van der Waals surface area contributed by atoms with Gasteiger partial charge in [0.2, 0.25) is 0 Å². The second kappa shape index (κ2) is 5.97. The van der Waals surface area contributed by atoms with E-state index >= 15 is 0 Å². The Morgan fingerprint density at radius 1 is 1.33 bits per heavy atom. The van der Waals surface area contributed by atoms with Crippen LogP contribution in [0.2, 0.25) is 0 Å². The molecule has 6 heteroatoms. The molecule has 0 aromatic carbocycles. The monoisotopic (exact) mass is 288 g/mol. The standard InChI is InChI=1S/C15H24N6/c1-4-11-7-5-6-8-21(11)10-13-18-14(16-2)12-9-17-20(3)15(12)19-13/h9,11H,4-8,10H2,1-3H3,(H,16,18,19). The van der Waals surface area contributed by atoms with Crippen LogP contribution in [0.3, 0.4) is 0 Å². The lowest BCUT2D eigenvalue weighted by molar-refractivity contribution is 0.133. The maximum Gasteiger partial charge on any atom is 0.163 e. The molecule has 0 radical (unpaired) electrons. The molecule has 0 spiro atoms. The minimum atomic E-state index is 0.669. The molecule has 0 bridgehead atoms. The summed E-state index contributed by atoms with van der Waals surface area (Å²) in [4.78, 5) is 11.9. The SMILES string of the molecule is CCC1CCCCN1Cc1nc(NC)c2cnn(C)c2n1.